The minimum absolute atomic E-state index is 0.0267. The summed E-state index contributed by atoms with van der Waals surface area (Å²) in [7, 11) is 1.92. The molecule has 0 aliphatic carbocycles. The first-order valence-electron chi connectivity index (χ1n) is 7.32. The Balaban J connectivity index is 2.12. The standard InChI is InChI=1S/C18H14BrN3O/c1-21-11-20-16-17(23)14-9-13(19)7-8-15(14)22(18(16)21)10-12-5-3-2-4-6-12/h2-9,11H,10H2,1H3. The molecule has 0 fully saturated rings. The Hall–Kier alpha value is -2.40. The Labute approximate surface area is 141 Å². The van der Waals surface area contributed by atoms with Crippen molar-refractivity contribution in [1.29, 1.82) is 0 Å². The van der Waals surface area contributed by atoms with Crippen LogP contribution in [0.15, 0.2) is 64.1 Å². The molecule has 0 radical (unpaired) electrons. The van der Waals surface area contributed by atoms with Gasteiger partial charge in [-0.05, 0) is 23.8 Å². The lowest BCUT2D eigenvalue weighted by Gasteiger charge is -2.14. The summed E-state index contributed by atoms with van der Waals surface area (Å²) in [5.74, 6) is 0. The van der Waals surface area contributed by atoms with Crippen molar-refractivity contribution in [3.63, 3.8) is 0 Å². The van der Waals surface area contributed by atoms with Gasteiger partial charge < -0.3 is 9.13 Å². The van der Waals surface area contributed by atoms with Gasteiger partial charge in [-0.15, -0.1) is 0 Å². The van der Waals surface area contributed by atoms with Crippen LogP contribution in [0.25, 0.3) is 22.1 Å². The number of rotatable bonds is 2. The average molecular weight is 368 g/mol. The van der Waals surface area contributed by atoms with E-state index in [1.165, 1.54) is 5.56 Å². The van der Waals surface area contributed by atoms with Crippen molar-refractivity contribution in [2.45, 2.75) is 6.54 Å². The van der Waals surface area contributed by atoms with Crippen LogP contribution in [0.2, 0.25) is 0 Å². The Morgan fingerprint density at radius 3 is 2.70 bits per heavy atom. The van der Waals surface area contributed by atoms with Gasteiger partial charge in [0.2, 0.25) is 5.43 Å². The van der Waals surface area contributed by atoms with E-state index in [1.54, 1.807) is 6.33 Å². The van der Waals surface area contributed by atoms with Gasteiger partial charge in [0, 0.05) is 23.5 Å². The van der Waals surface area contributed by atoms with Crippen LogP contribution < -0.4 is 5.43 Å². The topological polar surface area (TPSA) is 39.8 Å². The Morgan fingerprint density at radius 2 is 1.91 bits per heavy atom. The second-order valence-electron chi connectivity index (χ2n) is 5.59. The van der Waals surface area contributed by atoms with E-state index in [0.717, 1.165) is 15.6 Å². The molecule has 0 unspecified atom stereocenters. The van der Waals surface area contributed by atoms with Gasteiger partial charge in [-0.25, -0.2) is 4.98 Å². The number of aryl methyl sites for hydroxylation is 1. The van der Waals surface area contributed by atoms with Crippen LogP contribution >= 0.6 is 15.9 Å². The van der Waals surface area contributed by atoms with Gasteiger partial charge in [-0.1, -0.05) is 46.3 Å². The molecule has 0 saturated heterocycles. The highest BCUT2D eigenvalue weighted by Crippen LogP contribution is 2.22. The van der Waals surface area contributed by atoms with E-state index in [0.29, 0.717) is 17.4 Å². The fourth-order valence-corrected chi connectivity index (χ4v) is 3.36. The summed E-state index contributed by atoms with van der Waals surface area (Å²) >= 11 is 3.45. The van der Waals surface area contributed by atoms with E-state index in [-0.39, 0.29) is 5.43 Å². The first kappa shape index (κ1) is 14.2. The van der Waals surface area contributed by atoms with E-state index >= 15 is 0 Å². The molecule has 114 valence electrons. The smallest absolute Gasteiger partial charge is 0.217 e. The zero-order chi connectivity index (χ0) is 16.0. The molecule has 0 bridgehead atoms. The third-order valence-electron chi connectivity index (χ3n) is 4.05. The highest BCUT2D eigenvalue weighted by Gasteiger charge is 2.15. The number of halogens is 1. The lowest BCUT2D eigenvalue weighted by atomic mass is 10.1. The van der Waals surface area contributed by atoms with Gasteiger partial charge in [-0.3, -0.25) is 4.79 Å². The van der Waals surface area contributed by atoms with E-state index in [2.05, 4.69) is 37.6 Å². The van der Waals surface area contributed by atoms with Gasteiger partial charge in [0.1, 0.15) is 5.65 Å². The van der Waals surface area contributed by atoms with Crippen molar-refractivity contribution < 1.29 is 0 Å². The summed E-state index contributed by atoms with van der Waals surface area (Å²) in [4.78, 5) is 17.1. The van der Waals surface area contributed by atoms with Gasteiger partial charge in [0.05, 0.1) is 11.8 Å². The molecule has 4 nitrogen and oxygen atoms in total. The molecule has 4 aromatic rings. The van der Waals surface area contributed by atoms with Gasteiger partial charge in [0.15, 0.2) is 5.52 Å². The van der Waals surface area contributed by atoms with Crippen molar-refractivity contribution in [1.82, 2.24) is 14.1 Å². The van der Waals surface area contributed by atoms with Crippen LogP contribution in [0.3, 0.4) is 0 Å². The molecule has 0 atom stereocenters. The maximum atomic E-state index is 12.7. The summed E-state index contributed by atoms with van der Waals surface area (Å²) in [6.07, 6.45) is 1.70. The molecule has 23 heavy (non-hydrogen) atoms. The molecule has 2 aromatic heterocycles. The molecule has 0 aliphatic rings. The third-order valence-corrected chi connectivity index (χ3v) is 4.55. The van der Waals surface area contributed by atoms with E-state index in [1.807, 2.05) is 48.0 Å². The Morgan fingerprint density at radius 1 is 1.13 bits per heavy atom. The molecule has 0 amide bonds. The van der Waals surface area contributed by atoms with Crippen molar-refractivity contribution in [3.8, 4) is 0 Å². The van der Waals surface area contributed by atoms with Crippen LogP contribution in [-0.4, -0.2) is 14.1 Å². The van der Waals surface area contributed by atoms with Crippen LogP contribution in [0, 0.1) is 0 Å². The highest BCUT2D eigenvalue weighted by molar-refractivity contribution is 9.10. The number of hydrogen-bond donors (Lipinski definition) is 0. The number of aromatic nitrogens is 3. The molecule has 4 rings (SSSR count). The molecule has 0 aliphatic heterocycles. The Bertz CT molecular complexity index is 1080. The average Bonchev–Trinajstić information content (AvgIpc) is 2.94. The second-order valence-corrected chi connectivity index (χ2v) is 6.51. The summed E-state index contributed by atoms with van der Waals surface area (Å²) in [5.41, 5.74) is 3.42. The lowest BCUT2D eigenvalue weighted by Crippen LogP contribution is -2.13. The largest absolute Gasteiger partial charge is 0.321 e. The number of pyridine rings is 1. The zero-order valence-corrected chi connectivity index (χ0v) is 14.1. The fraction of sp³-hybridized carbons (Fsp3) is 0.111. The molecular weight excluding hydrogens is 354 g/mol. The third kappa shape index (κ3) is 2.28. The first-order chi connectivity index (χ1) is 11.1. The minimum atomic E-state index is -0.0267. The van der Waals surface area contributed by atoms with Crippen molar-refractivity contribution in [3.05, 3.63) is 75.1 Å². The number of hydrogen-bond acceptors (Lipinski definition) is 2. The first-order valence-corrected chi connectivity index (χ1v) is 8.11. The summed E-state index contributed by atoms with van der Waals surface area (Å²) in [5, 5.41) is 0.682. The van der Waals surface area contributed by atoms with Crippen LogP contribution in [0.5, 0.6) is 0 Å². The highest BCUT2D eigenvalue weighted by atomic mass is 79.9. The normalized spacial score (nSPS) is 11.4. The molecule has 0 N–H and O–H groups in total. The SMILES string of the molecule is Cn1cnc2c(=O)c3cc(Br)ccc3n(Cc3ccccc3)c21. The maximum Gasteiger partial charge on any atom is 0.217 e. The number of fused-ring (bicyclic) bond motifs is 2. The van der Waals surface area contributed by atoms with Crippen LogP contribution in [-0.2, 0) is 13.6 Å². The number of nitrogens with zero attached hydrogens (tertiary/aromatic N) is 3. The summed E-state index contributed by atoms with van der Waals surface area (Å²) < 4.78 is 4.95. The molecule has 2 aromatic carbocycles. The summed E-state index contributed by atoms with van der Waals surface area (Å²) in [6.45, 7) is 0.690. The molecule has 2 heterocycles. The van der Waals surface area contributed by atoms with Crippen molar-refractivity contribution in [2.75, 3.05) is 0 Å². The molecule has 5 heteroatoms. The van der Waals surface area contributed by atoms with Gasteiger partial charge in [0.25, 0.3) is 0 Å². The van der Waals surface area contributed by atoms with Crippen molar-refractivity contribution in [2.24, 2.45) is 7.05 Å². The lowest BCUT2D eigenvalue weighted by molar-refractivity contribution is 0.808. The Kier molecular flexibility index (Phi) is 3.31. The van der Waals surface area contributed by atoms with E-state index < -0.39 is 0 Å². The summed E-state index contributed by atoms with van der Waals surface area (Å²) in [6, 6.07) is 16.0. The van der Waals surface area contributed by atoms with Crippen molar-refractivity contribution >= 4 is 38.0 Å². The second kappa shape index (κ2) is 5.35. The zero-order valence-electron chi connectivity index (χ0n) is 12.5. The van der Waals surface area contributed by atoms with E-state index in [9.17, 15) is 4.79 Å². The number of benzene rings is 2. The van der Waals surface area contributed by atoms with E-state index in [4.69, 9.17) is 0 Å². The van der Waals surface area contributed by atoms with Gasteiger partial charge >= 0.3 is 0 Å². The van der Waals surface area contributed by atoms with Crippen LogP contribution in [0.4, 0.5) is 0 Å². The number of imidazole rings is 1. The predicted octanol–water partition coefficient (Wildman–Crippen LogP) is 3.70. The van der Waals surface area contributed by atoms with Crippen LogP contribution in [0.1, 0.15) is 5.56 Å². The maximum absolute atomic E-state index is 12.7. The minimum Gasteiger partial charge on any atom is -0.321 e. The molecule has 0 spiro atoms. The monoisotopic (exact) mass is 367 g/mol. The quantitative estimate of drug-likeness (QED) is 0.541. The fourth-order valence-electron chi connectivity index (χ4n) is 3.00. The molecular formula is C18H14BrN3O. The molecule has 0 saturated carbocycles. The predicted molar refractivity (Wildman–Crippen MR) is 95.7 cm³/mol. The van der Waals surface area contributed by atoms with Gasteiger partial charge in [-0.2, -0.15) is 0 Å².